The van der Waals surface area contributed by atoms with E-state index in [-0.39, 0.29) is 81.1 Å². The van der Waals surface area contributed by atoms with Crippen molar-refractivity contribution in [2.45, 2.75) is 11.6 Å². The van der Waals surface area contributed by atoms with E-state index >= 15 is 0 Å². The second kappa shape index (κ2) is 13.4. The average molecular weight is 1210 g/mol. The monoisotopic (exact) mass is 1200 g/mol. The van der Waals surface area contributed by atoms with Crippen LogP contribution >= 0.6 is 127 Å². The quantitative estimate of drug-likeness (QED) is 0.147. The third-order valence-electron chi connectivity index (χ3n) is 8.18. The van der Waals surface area contributed by atoms with E-state index in [0.29, 0.717) is 22.3 Å². The van der Waals surface area contributed by atoms with Gasteiger partial charge in [0.05, 0.1) is 35.8 Å². The predicted octanol–water partition coefficient (Wildman–Crippen LogP) is 11.2. The Balaban J connectivity index is 1.67. The van der Waals surface area contributed by atoms with Crippen molar-refractivity contribution in [1.82, 2.24) is 0 Å². The maximum atomic E-state index is 13.6. The van der Waals surface area contributed by atoms with Gasteiger partial charge in [0.1, 0.15) is 23.0 Å². The Morgan fingerprint density at radius 2 is 0.647 bits per heavy atom. The number of rotatable bonds is 4. The van der Waals surface area contributed by atoms with Crippen molar-refractivity contribution in [1.29, 1.82) is 0 Å². The number of hydrogen-bond acceptors (Lipinski definition) is 9. The summed E-state index contributed by atoms with van der Waals surface area (Å²) in [4.78, 5) is 27.2. The zero-order valence-corrected chi connectivity index (χ0v) is 37.3. The van der Waals surface area contributed by atoms with Crippen LogP contribution in [0.3, 0.4) is 0 Å². The van der Waals surface area contributed by atoms with Gasteiger partial charge in [0.15, 0.2) is 0 Å². The molecule has 7 rings (SSSR count). The zero-order valence-electron chi connectivity index (χ0n) is 24.6. The molecule has 2 atom stereocenters. The number of benzene rings is 4. The minimum absolute atomic E-state index is 0.0949. The Morgan fingerprint density at radius 1 is 0.412 bits per heavy atom. The van der Waals surface area contributed by atoms with Gasteiger partial charge >= 0.3 is 11.9 Å². The van der Waals surface area contributed by atoms with Crippen molar-refractivity contribution in [2.24, 2.45) is 0 Å². The maximum Gasteiger partial charge on any atom is 0.334 e. The number of esters is 2. The van der Waals surface area contributed by atoms with Crippen LogP contribution in [-0.2, 0) is 23.8 Å². The number of carbonyl (C=O) groups is 2. The molecule has 3 aliphatic rings. The summed E-state index contributed by atoms with van der Waals surface area (Å²) in [5.74, 6) is -6.34. The lowest BCUT2D eigenvalue weighted by Crippen LogP contribution is -2.41. The first-order chi connectivity index (χ1) is 24.0. The van der Waals surface area contributed by atoms with Crippen molar-refractivity contribution in [3.63, 3.8) is 0 Å². The smallest absolute Gasteiger partial charge is 0.334 e. The molecule has 0 saturated heterocycles. The summed E-state index contributed by atoms with van der Waals surface area (Å²) >= 11 is 27.2. The number of ether oxygens (including phenoxy) is 3. The van der Waals surface area contributed by atoms with Gasteiger partial charge in [-0.05, 0) is 198 Å². The molecular formula is C34H14Br8O9. The fraction of sp³-hybridized carbons (Fsp3) is 0.0588. The van der Waals surface area contributed by atoms with Gasteiger partial charge in [-0.15, -0.1) is 0 Å². The molecule has 0 aromatic heterocycles. The number of carbonyl (C=O) groups excluding carboxylic acids is 2. The first-order valence-corrected chi connectivity index (χ1v) is 20.4. The predicted molar refractivity (Wildman–Crippen MR) is 216 cm³/mol. The summed E-state index contributed by atoms with van der Waals surface area (Å²) in [7, 11) is 0. The molecule has 0 aliphatic carbocycles. The minimum Gasteiger partial charge on any atom is -0.506 e. The number of aromatic hydroxyl groups is 4. The highest BCUT2D eigenvalue weighted by Crippen LogP contribution is 2.65. The first kappa shape index (κ1) is 37.4. The molecule has 0 amide bonds. The summed E-state index contributed by atoms with van der Waals surface area (Å²) < 4.78 is 21.7. The van der Waals surface area contributed by atoms with Crippen LogP contribution in [0.25, 0.3) is 22.3 Å². The van der Waals surface area contributed by atoms with E-state index < -0.39 is 23.5 Å². The minimum atomic E-state index is -2.16. The van der Waals surface area contributed by atoms with Gasteiger partial charge in [-0.3, -0.25) is 4.74 Å². The van der Waals surface area contributed by atoms with Crippen molar-refractivity contribution in [3.05, 3.63) is 119 Å². The third kappa shape index (κ3) is 6.02. The highest BCUT2D eigenvalue weighted by atomic mass is 79.9. The van der Waals surface area contributed by atoms with E-state index in [1.54, 1.807) is 48.5 Å². The molecule has 51 heavy (non-hydrogen) atoms. The van der Waals surface area contributed by atoms with Gasteiger partial charge in [-0.1, -0.05) is 0 Å². The molecular weight excluding hydrogens is 1190 g/mol. The third-order valence-corrected chi connectivity index (χ3v) is 13.0. The Kier molecular flexibility index (Phi) is 9.82. The van der Waals surface area contributed by atoms with E-state index in [2.05, 4.69) is 127 Å². The van der Waals surface area contributed by atoms with Crippen LogP contribution < -0.4 is 0 Å². The molecule has 0 saturated carbocycles. The van der Waals surface area contributed by atoms with Crippen LogP contribution in [0.4, 0.5) is 0 Å². The van der Waals surface area contributed by atoms with Crippen molar-refractivity contribution in [3.8, 4) is 23.0 Å². The van der Waals surface area contributed by atoms with Gasteiger partial charge in [-0.2, -0.15) is 0 Å². The lowest BCUT2D eigenvalue weighted by Gasteiger charge is -2.34. The summed E-state index contributed by atoms with van der Waals surface area (Å²) in [6.45, 7) is 0. The fourth-order valence-electron chi connectivity index (χ4n) is 6.11. The molecule has 0 bridgehead atoms. The van der Waals surface area contributed by atoms with Crippen LogP contribution in [0.2, 0.25) is 0 Å². The maximum absolute atomic E-state index is 13.6. The Hall–Kier alpha value is -1.96. The Bertz CT molecular complexity index is 2130. The molecule has 4 N–H and O–H groups in total. The largest absolute Gasteiger partial charge is 0.506 e. The van der Waals surface area contributed by atoms with Gasteiger partial charge in [0.25, 0.3) is 11.6 Å². The van der Waals surface area contributed by atoms with Gasteiger partial charge in [0.2, 0.25) is 0 Å². The van der Waals surface area contributed by atoms with Crippen LogP contribution in [0.1, 0.15) is 22.3 Å². The zero-order chi connectivity index (χ0) is 36.9. The molecule has 0 fully saturated rings. The van der Waals surface area contributed by atoms with E-state index in [0.717, 1.165) is 0 Å². The van der Waals surface area contributed by atoms with E-state index in [9.17, 15) is 30.0 Å². The molecule has 4 aromatic rings. The van der Waals surface area contributed by atoms with Crippen molar-refractivity contribution < 1.29 is 44.2 Å². The summed E-state index contributed by atoms with van der Waals surface area (Å²) in [5.41, 5.74) is 2.17. The molecule has 3 heterocycles. The van der Waals surface area contributed by atoms with Crippen LogP contribution in [0, 0.1) is 0 Å². The lowest BCUT2D eigenvalue weighted by molar-refractivity contribution is -0.232. The Labute approximate surface area is 355 Å². The average Bonchev–Trinajstić information content (AvgIpc) is 3.67. The summed E-state index contributed by atoms with van der Waals surface area (Å²) in [5, 5.41) is 42.7. The summed E-state index contributed by atoms with van der Waals surface area (Å²) in [6.07, 6.45) is 2.48. The van der Waals surface area contributed by atoms with E-state index in [1.807, 2.05) is 0 Å². The molecule has 4 aromatic carbocycles. The van der Waals surface area contributed by atoms with Crippen molar-refractivity contribution >= 4 is 162 Å². The number of phenols is 4. The molecule has 2 unspecified atom stereocenters. The Morgan fingerprint density at radius 3 is 0.902 bits per heavy atom. The molecule has 2 spiro atoms. The standard InChI is InChI=1S/C34H14Br8O9/c35-17-1-11(2-18(36)29(17)45)15-9-25(43)49-33(15)27(13-5-21(39)31(47)22(40)6-13)28(14-7-23(41)32(48)24(42)8-14)34(51-33)16(10-26(44)50-34)12-3-19(37)30(46)20(38)4-12/h1-10,45-48H. The molecule has 17 heteroatoms. The highest BCUT2D eigenvalue weighted by Gasteiger charge is 2.67. The van der Waals surface area contributed by atoms with Gasteiger partial charge < -0.3 is 29.9 Å². The SMILES string of the molecule is O=C1C=C(c2cc(Br)c(O)c(Br)c2)C2(O1)OC1(OC(=O)C=C1c1cc(Br)c(O)c(Br)c1)C(c1cc(Br)c(O)c(Br)c1)=C2c1cc(Br)c(O)c(Br)c1. The summed E-state index contributed by atoms with van der Waals surface area (Å²) in [6, 6.07) is 12.6. The van der Waals surface area contributed by atoms with Crippen LogP contribution in [0.15, 0.2) is 96.5 Å². The second-order valence-corrected chi connectivity index (χ2v) is 18.0. The molecule has 9 nitrogen and oxygen atoms in total. The van der Waals surface area contributed by atoms with Crippen LogP contribution in [-0.4, -0.2) is 43.9 Å². The molecule has 0 radical (unpaired) electrons. The normalized spacial score (nSPS) is 21.1. The fourth-order valence-corrected chi connectivity index (χ4v) is 10.9. The van der Waals surface area contributed by atoms with Crippen LogP contribution in [0.5, 0.6) is 23.0 Å². The topological polar surface area (TPSA) is 143 Å². The van der Waals surface area contributed by atoms with Gasteiger partial charge in [-0.25, -0.2) is 9.59 Å². The molecule has 3 aliphatic heterocycles. The van der Waals surface area contributed by atoms with E-state index in [4.69, 9.17) is 14.2 Å². The second-order valence-electron chi connectivity index (χ2n) is 11.2. The van der Waals surface area contributed by atoms with E-state index in [1.165, 1.54) is 12.2 Å². The number of phenolic OH excluding ortho intramolecular Hbond substituents is 4. The number of hydrogen-bond donors (Lipinski definition) is 4. The van der Waals surface area contributed by atoms with Gasteiger partial charge in [0, 0.05) is 34.4 Å². The number of halogens is 8. The van der Waals surface area contributed by atoms with Crippen molar-refractivity contribution in [2.75, 3.05) is 0 Å². The lowest BCUT2D eigenvalue weighted by atomic mass is 9.81. The highest BCUT2D eigenvalue weighted by molar-refractivity contribution is 9.12. The first-order valence-electron chi connectivity index (χ1n) is 14.1. The molecule has 260 valence electrons.